The average Bonchev–Trinajstić information content (AvgIpc) is 3.89. The highest BCUT2D eigenvalue weighted by atomic mass is 16.3. The molecule has 1 aromatic rings. The third-order valence-electron chi connectivity index (χ3n) is 10.4. The fourth-order valence-corrected chi connectivity index (χ4v) is 7.58. The molecule has 0 aliphatic carbocycles. The number of aliphatic hydroxyl groups is 1. The van der Waals surface area contributed by atoms with Gasteiger partial charge in [0.1, 0.15) is 42.3 Å². The van der Waals surface area contributed by atoms with Crippen molar-refractivity contribution in [2.45, 2.75) is 121 Å². The van der Waals surface area contributed by atoms with E-state index >= 15 is 0 Å². The monoisotopic (exact) mass is 709 g/mol. The Labute approximate surface area is 298 Å². The van der Waals surface area contributed by atoms with Crippen molar-refractivity contribution in [3.8, 4) is 0 Å². The highest BCUT2D eigenvalue weighted by molar-refractivity contribution is 5.99. The smallest absolute Gasteiger partial charge is 0.248 e. The zero-order chi connectivity index (χ0) is 37.0. The van der Waals surface area contributed by atoms with Gasteiger partial charge < -0.3 is 41.1 Å². The van der Waals surface area contributed by atoms with Crippen LogP contribution in [0.1, 0.15) is 71.8 Å². The van der Waals surface area contributed by atoms with E-state index in [0.29, 0.717) is 51.6 Å². The molecule has 1 aromatic carbocycles. The molecule has 0 aromatic heterocycles. The van der Waals surface area contributed by atoms with Gasteiger partial charge in [0, 0.05) is 26.1 Å². The van der Waals surface area contributed by atoms with E-state index in [9.17, 15) is 38.7 Å². The number of aliphatic hydroxyl groups excluding tert-OH is 1. The summed E-state index contributed by atoms with van der Waals surface area (Å²) in [5, 5.41) is 21.5. The number of fused-ring (bicyclic) bond motifs is 3. The van der Waals surface area contributed by atoms with Crippen LogP contribution in [0.5, 0.6) is 0 Å². The first-order valence-corrected chi connectivity index (χ1v) is 18.1. The Morgan fingerprint density at radius 3 is 1.69 bits per heavy atom. The highest BCUT2D eigenvalue weighted by Crippen LogP contribution is 2.27. The molecule has 8 atom stereocenters. The summed E-state index contributed by atoms with van der Waals surface area (Å²) in [4.78, 5) is 101. The van der Waals surface area contributed by atoms with Crippen molar-refractivity contribution >= 4 is 41.4 Å². The number of amides is 7. The predicted molar refractivity (Wildman–Crippen MR) is 184 cm³/mol. The van der Waals surface area contributed by atoms with Crippen LogP contribution in [0.2, 0.25) is 0 Å². The Kier molecular flexibility index (Phi) is 12.0. The molecule has 15 heteroatoms. The van der Waals surface area contributed by atoms with E-state index in [-0.39, 0.29) is 24.8 Å². The van der Waals surface area contributed by atoms with Gasteiger partial charge in [-0.05, 0) is 63.9 Å². The largest absolute Gasteiger partial charge is 0.391 e. The minimum absolute atomic E-state index is 0.102. The van der Waals surface area contributed by atoms with Crippen LogP contribution in [-0.4, -0.2) is 129 Å². The fourth-order valence-electron chi connectivity index (χ4n) is 7.58. The average molecular weight is 710 g/mol. The molecule has 51 heavy (non-hydrogen) atoms. The van der Waals surface area contributed by atoms with Gasteiger partial charge in [0.25, 0.3) is 0 Å². The van der Waals surface area contributed by atoms with E-state index < -0.39 is 83.8 Å². The summed E-state index contributed by atoms with van der Waals surface area (Å²) in [5.41, 5.74) is 0.759. The van der Waals surface area contributed by atoms with E-state index in [2.05, 4.69) is 21.3 Å². The first-order chi connectivity index (χ1) is 24.3. The third-order valence-corrected chi connectivity index (χ3v) is 10.4. The molecule has 7 amide bonds. The van der Waals surface area contributed by atoms with Crippen LogP contribution in [0.3, 0.4) is 0 Å². The van der Waals surface area contributed by atoms with Crippen molar-refractivity contribution in [1.82, 2.24) is 36.0 Å². The van der Waals surface area contributed by atoms with Gasteiger partial charge in [0.05, 0.1) is 6.10 Å². The lowest BCUT2D eigenvalue weighted by Gasteiger charge is -2.34. The summed E-state index contributed by atoms with van der Waals surface area (Å²) in [5.74, 6) is -4.29. The zero-order valence-electron chi connectivity index (χ0n) is 29.8. The second kappa shape index (κ2) is 16.2. The lowest BCUT2D eigenvalue weighted by molar-refractivity contribution is -0.148. The van der Waals surface area contributed by atoms with Gasteiger partial charge >= 0.3 is 0 Å². The molecule has 0 spiro atoms. The van der Waals surface area contributed by atoms with Gasteiger partial charge in [-0.1, -0.05) is 44.2 Å². The summed E-state index contributed by atoms with van der Waals surface area (Å²) in [6, 6.07) is 1.73. The first kappa shape index (κ1) is 37.7. The summed E-state index contributed by atoms with van der Waals surface area (Å²) in [7, 11) is 0. The number of hydrogen-bond donors (Lipinski definition) is 5. The van der Waals surface area contributed by atoms with Crippen molar-refractivity contribution < 1.29 is 38.7 Å². The van der Waals surface area contributed by atoms with E-state index in [4.69, 9.17) is 0 Å². The van der Waals surface area contributed by atoms with Gasteiger partial charge in [-0.25, -0.2) is 0 Å². The number of hydrogen-bond acceptors (Lipinski definition) is 8. The SMILES string of the molecule is CC(C)[C@@H]1NC(=O)[C@H](Cc2ccccc2)NC(=O)[C@@H]2CCCN2C(=O)[C@H](C(C)O)NC(=O)[C@H](C)NC(=O)[C@@H]2CCCN2C(=O)[C@@H]2CCCN2C1=O. The minimum atomic E-state index is -1.42. The number of carbonyl (C=O) groups is 7. The van der Waals surface area contributed by atoms with Crippen LogP contribution in [-0.2, 0) is 40.0 Å². The molecule has 4 fully saturated rings. The van der Waals surface area contributed by atoms with E-state index in [0.717, 1.165) is 5.56 Å². The van der Waals surface area contributed by atoms with Crippen LogP contribution in [0.25, 0.3) is 0 Å². The summed E-state index contributed by atoms with van der Waals surface area (Å²) < 4.78 is 0. The normalized spacial score (nSPS) is 30.9. The Morgan fingerprint density at radius 2 is 1.12 bits per heavy atom. The summed E-state index contributed by atoms with van der Waals surface area (Å²) >= 11 is 0. The van der Waals surface area contributed by atoms with E-state index in [1.165, 1.54) is 28.5 Å². The van der Waals surface area contributed by atoms with Gasteiger partial charge in [-0.2, -0.15) is 0 Å². The third kappa shape index (κ3) is 8.35. The van der Waals surface area contributed by atoms with Crippen LogP contribution in [0.15, 0.2) is 30.3 Å². The second-order valence-electron chi connectivity index (χ2n) is 14.5. The molecule has 4 heterocycles. The molecule has 0 saturated carbocycles. The number of rotatable bonds is 4. The number of benzene rings is 1. The topological polar surface area (TPSA) is 198 Å². The van der Waals surface area contributed by atoms with Crippen LogP contribution in [0, 0.1) is 5.92 Å². The molecular weight excluding hydrogens is 658 g/mol. The van der Waals surface area contributed by atoms with Crippen molar-refractivity contribution in [2.75, 3.05) is 19.6 Å². The lowest BCUT2D eigenvalue weighted by Crippen LogP contribution is -2.61. The Hall–Kier alpha value is -4.53. The molecule has 0 radical (unpaired) electrons. The maximum atomic E-state index is 14.2. The Balaban J connectivity index is 1.51. The van der Waals surface area contributed by atoms with Crippen molar-refractivity contribution in [3.05, 3.63) is 35.9 Å². The van der Waals surface area contributed by atoms with Crippen molar-refractivity contribution in [3.63, 3.8) is 0 Å². The molecule has 5 N–H and O–H groups in total. The molecule has 15 nitrogen and oxygen atoms in total. The molecule has 5 rings (SSSR count). The maximum Gasteiger partial charge on any atom is 0.248 e. The van der Waals surface area contributed by atoms with Gasteiger partial charge in [-0.3, -0.25) is 33.6 Å². The van der Waals surface area contributed by atoms with Crippen LogP contribution < -0.4 is 21.3 Å². The number of nitrogens with one attached hydrogen (secondary N) is 4. The van der Waals surface area contributed by atoms with Crippen LogP contribution >= 0.6 is 0 Å². The van der Waals surface area contributed by atoms with Crippen molar-refractivity contribution in [1.29, 1.82) is 0 Å². The Morgan fingerprint density at radius 1 is 0.627 bits per heavy atom. The van der Waals surface area contributed by atoms with Gasteiger partial charge in [-0.15, -0.1) is 0 Å². The maximum absolute atomic E-state index is 14.2. The quantitative estimate of drug-likeness (QED) is 0.268. The number of carbonyl (C=O) groups excluding carboxylic acids is 7. The van der Waals surface area contributed by atoms with E-state index in [1.54, 1.807) is 13.8 Å². The predicted octanol–water partition coefficient (Wildman–Crippen LogP) is -0.788. The molecule has 278 valence electrons. The molecule has 0 bridgehead atoms. The zero-order valence-corrected chi connectivity index (χ0v) is 29.8. The molecule has 4 saturated heterocycles. The molecule has 4 aliphatic rings. The lowest BCUT2D eigenvalue weighted by atomic mass is 9.99. The number of nitrogens with zero attached hydrogens (tertiary/aromatic N) is 3. The summed E-state index contributed by atoms with van der Waals surface area (Å²) in [6.07, 6.45) is 1.41. The summed E-state index contributed by atoms with van der Waals surface area (Å²) in [6.45, 7) is 7.16. The van der Waals surface area contributed by atoms with Crippen molar-refractivity contribution in [2.24, 2.45) is 5.92 Å². The van der Waals surface area contributed by atoms with Crippen LogP contribution in [0.4, 0.5) is 0 Å². The van der Waals surface area contributed by atoms with Gasteiger partial charge in [0.15, 0.2) is 0 Å². The highest BCUT2D eigenvalue weighted by Gasteiger charge is 2.45. The minimum Gasteiger partial charge on any atom is -0.391 e. The Bertz CT molecular complexity index is 1500. The van der Waals surface area contributed by atoms with E-state index in [1.807, 2.05) is 30.3 Å². The standard InChI is InChI=1S/C36H51N7O8/c1-20(2)28-35(50)43-18-10-15-27(43)34(49)41-16-8-13-25(41)32(47)37-21(3)30(45)40-29(22(4)44)36(51)42-17-9-14-26(42)33(48)38-24(31(46)39-28)19-23-11-6-5-7-12-23/h5-7,11-12,20-22,24-29,44H,8-10,13-19H2,1-4H3,(H,37,47)(H,38,48)(H,39,46)(H,40,45)/t21-,22?,24-,25-,26-,27-,28-,29-/m0/s1. The van der Waals surface area contributed by atoms with Gasteiger partial charge in [0.2, 0.25) is 41.4 Å². The molecule has 4 aliphatic heterocycles. The molecular formula is C36H51N7O8. The molecule has 1 unspecified atom stereocenters. The second-order valence-corrected chi connectivity index (χ2v) is 14.5. The first-order valence-electron chi connectivity index (χ1n) is 18.1. The fraction of sp³-hybridized carbons (Fsp3) is 0.639.